The molecule has 1 aromatic carbocycles. The molecule has 30 heavy (non-hydrogen) atoms. The molecule has 0 saturated carbocycles. The van der Waals surface area contributed by atoms with Gasteiger partial charge >= 0.3 is 14.3 Å². The number of hydrogen-bond donors (Lipinski definition) is 5. The molecule has 162 valence electrons. The lowest BCUT2D eigenvalue weighted by Crippen LogP contribution is -2.06. The monoisotopic (exact) mass is 480 g/mol. The molecule has 0 spiro atoms. The topological polar surface area (TPSA) is 184 Å². The first kappa shape index (κ1) is 23.8. The standard InChI is InChI=1S/C15H15Cl2N4O8P/c1-3-8(16)6(2)11(13(17)19-23)14-18-15(28-20-14)7-4-9(21(24)25)12(22)10(5-7)29-30(26)27/h4-5,19,22-23,26-27H,3H2,1-2H3/b8-6+,13-11+. The van der Waals surface area contributed by atoms with Gasteiger partial charge in [-0.05, 0) is 25.0 Å². The molecular formula is C15H15Cl2N4O8P. The third-order valence-electron chi connectivity index (χ3n) is 3.74. The fourth-order valence-corrected chi connectivity index (χ4v) is 2.98. The quantitative estimate of drug-likeness (QED) is 0.122. The van der Waals surface area contributed by atoms with E-state index in [0.29, 0.717) is 17.0 Å². The fraction of sp³-hybridized carbons (Fsp3) is 0.200. The number of benzene rings is 1. The summed E-state index contributed by atoms with van der Waals surface area (Å²) in [5.41, 5.74) is 1.45. The average molecular weight is 481 g/mol. The van der Waals surface area contributed by atoms with Crippen LogP contribution < -0.4 is 10.0 Å². The zero-order valence-electron chi connectivity index (χ0n) is 15.3. The number of rotatable bonds is 8. The van der Waals surface area contributed by atoms with Crippen LogP contribution in [0.3, 0.4) is 0 Å². The van der Waals surface area contributed by atoms with Crippen LogP contribution in [0.2, 0.25) is 0 Å². The normalized spacial score (nSPS) is 13.1. The summed E-state index contributed by atoms with van der Waals surface area (Å²) in [6, 6.07) is 1.96. The summed E-state index contributed by atoms with van der Waals surface area (Å²) in [5, 5.41) is 34.2. The van der Waals surface area contributed by atoms with Crippen molar-refractivity contribution in [3.63, 3.8) is 0 Å². The fourth-order valence-electron chi connectivity index (χ4n) is 2.34. The Labute approximate surface area is 180 Å². The summed E-state index contributed by atoms with van der Waals surface area (Å²) in [5.74, 6) is -1.85. The maximum absolute atomic E-state index is 11.2. The Morgan fingerprint density at radius 3 is 2.60 bits per heavy atom. The van der Waals surface area contributed by atoms with Crippen LogP contribution in [0.15, 0.2) is 32.4 Å². The largest absolute Gasteiger partial charge is 0.500 e. The molecule has 0 saturated heterocycles. The summed E-state index contributed by atoms with van der Waals surface area (Å²) in [7, 11) is -2.97. The smallest absolute Gasteiger partial charge is 0.391 e. The van der Waals surface area contributed by atoms with Gasteiger partial charge in [0.2, 0.25) is 11.6 Å². The zero-order chi connectivity index (χ0) is 22.6. The van der Waals surface area contributed by atoms with Crippen LogP contribution in [0.25, 0.3) is 17.0 Å². The number of phenols is 1. The zero-order valence-corrected chi connectivity index (χ0v) is 17.7. The number of nitrogens with zero attached hydrogens (tertiary/aromatic N) is 3. The highest BCUT2D eigenvalue weighted by Crippen LogP contribution is 2.44. The lowest BCUT2D eigenvalue weighted by molar-refractivity contribution is -0.385. The SMILES string of the molecule is CC/C(Cl)=C(C)\C(=C(\Cl)NO)c1noc(-c2cc(OP(O)O)c(O)c([N+](=O)[O-])c2)n1. The second-order valence-electron chi connectivity index (χ2n) is 5.55. The van der Waals surface area contributed by atoms with Crippen LogP contribution in [-0.4, -0.2) is 35.2 Å². The summed E-state index contributed by atoms with van der Waals surface area (Å²) in [6.45, 7) is 3.40. The van der Waals surface area contributed by atoms with Crippen LogP contribution in [0.4, 0.5) is 5.69 Å². The number of nitro benzene ring substituents is 1. The van der Waals surface area contributed by atoms with Crippen molar-refractivity contribution in [2.75, 3.05) is 0 Å². The van der Waals surface area contributed by atoms with Crippen LogP contribution in [-0.2, 0) is 0 Å². The van der Waals surface area contributed by atoms with Gasteiger partial charge in [-0.2, -0.15) is 4.98 Å². The Kier molecular flexibility index (Phi) is 7.96. The Morgan fingerprint density at radius 2 is 2.07 bits per heavy atom. The molecule has 0 aliphatic carbocycles. The van der Waals surface area contributed by atoms with Gasteiger partial charge < -0.3 is 23.9 Å². The van der Waals surface area contributed by atoms with Crippen molar-refractivity contribution in [3.8, 4) is 23.0 Å². The molecule has 15 heteroatoms. The minimum absolute atomic E-state index is 0.0687. The molecule has 0 aliphatic heterocycles. The molecule has 12 nitrogen and oxygen atoms in total. The second-order valence-corrected chi connectivity index (χ2v) is 7.07. The summed E-state index contributed by atoms with van der Waals surface area (Å²) < 4.78 is 9.74. The highest BCUT2D eigenvalue weighted by atomic mass is 35.5. The maximum Gasteiger partial charge on any atom is 0.391 e. The van der Waals surface area contributed by atoms with Crippen molar-refractivity contribution >= 4 is 43.1 Å². The average Bonchev–Trinajstić information content (AvgIpc) is 3.17. The molecule has 0 amide bonds. The van der Waals surface area contributed by atoms with Crippen LogP contribution in [0.1, 0.15) is 26.1 Å². The molecule has 1 aromatic heterocycles. The maximum atomic E-state index is 11.2. The second kappa shape index (κ2) is 10.0. The van der Waals surface area contributed by atoms with Crippen LogP contribution in [0, 0.1) is 10.1 Å². The van der Waals surface area contributed by atoms with Crippen molar-refractivity contribution in [1.82, 2.24) is 15.6 Å². The predicted molar refractivity (Wildman–Crippen MR) is 107 cm³/mol. The lowest BCUT2D eigenvalue weighted by Gasteiger charge is -2.09. The summed E-state index contributed by atoms with van der Waals surface area (Å²) >= 11 is 12.1. The van der Waals surface area contributed by atoms with Gasteiger partial charge in [-0.25, -0.2) is 0 Å². The molecule has 0 bridgehead atoms. The molecule has 0 radical (unpaired) electrons. The van der Waals surface area contributed by atoms with Crippen molar-refractivity contribution in [3.05, 3.63) is 43.8 Å². The van der Waals surface area contributed by atoms with E-state index in [9.17, 15) is 20.4 Å². The van der Waals surface area contributed by atoms with E-state index in [0.717, 1.165) is 12.1 Å². The van der Waals surface area contributed by atoms with E-state index in [1.807, 2.05) is 0 Å². The highest BCUT2D eigenvalue weighted by Gasteiger charge is 2.26. The Bertz CT molecular complexity index is 1020. The van der Waals surface area contributed by atoms with Gasteiger partial charge in [-0.1, -0.05) is 35.3 Å². The van der Waals surface area contributed by atoms with Crippen molar-refractivity contribution < 1.29 is 34.1 Å². The van der Waals surface area contributed by atoms with Gasteiger partial charge in [0.15, 0.2) is 5.75 Å². The number of halogens is 2. The minimum Gasteiger partial charge on any atom is -0.500 e. The van der Waals surface area contributed by atoms with Crippen LogP contribution >= 0.6 is 31.8 Å². The number of allylic oxidation sites excluding steroid dienone is 3. The predicted octanol–water partition coefficient (Wildman–Crippen LogP) is 3.75. The van der Waals surface area contributed by atoms with Gasteiger partial charge in [0.05, 0.1) is 16.1 Å². The number of nitrogens with one attached hydrogen (secondary N) is 1. The highest BCUT2D eigenvalue weighted by molar-refractivity contribution is 7.39. The third kappa shape index (κ3) is 5.17. The molecule has 0 fully saturated rings. The van der Waals surface area contributed by atoms with Crippen molar-refractivity contribution in [1.29, 1.82) is 0 Å². The van der Waals surface area contributed by atoms with E-state index in [4.69, 9.17) is 37.5 Å². The molecule has 5 N–H and O–H groups in total. The first-order chi connectivity index (χ1) is 14.1. The van der Waals surface area contributed by atoms with Gasteiger partial charge in [0.1, 0.15) is 5.16 Å². The third-order valence-corrected chi connectivity index (χ3v) is 4.92. The Morgan fingerprint density at radius 1 is 1.40 bits per heavy atom. The van der Waals surface area contributed by atoms with Crippen LogP contribution in [0.5, 0.6) is 11.5 Å². The number of aromatic nitrogens is 2. The summed E-state index contributed by atoms with van der Waals surface area (Å²) in [4.78, 5) is 32.4. The van der Waals surface area contributed by atoms with Gasteiger partial charge in [0, 0.05) is 11.1 Å². The number of hydrogen-bond acceptors (Lipinski definition) is 11. The molecule has 0 aliphatic rings. The number of aromatic hydroxyl groups is 1. The Hall–Kier alpha value is -2.47. The molecular weight excluding hydrogens is 466 g/mol. The van der Waals surface area contributed by atoms with Gasteiger partial charge in [-0.15, -0.1) is 0 Å². The van der Waals surface area contributed by atoms with E-state index in [-0.39, 0.29) is 28.0 Å². The number of nitro groups is 1. The van der Waals surface area contributed by atoms with Crippen molar-refractivity contribution in [2.45, 2.75) is 20.3 Å². The Balaban J connectivity index is 2.64. The first-order valence-electron chi connectivity index (χ1n) is 7.97. The molecule has 1 heterocycles. The number of phenolic OH excluding ortho intramolecular Hbond substituents is 1. The van der Waals surface area contributed by atoms with E-state index < -0.39 is 30.7 Å². The lowest BCUT2D eigenvalue weighted by atomic mass is 10.1. The summed E-state index contributed by atoms with van der Waals surface area (Å²) in [6.07, 6.45) is 0.452. The van der Waals surface area contributed by atoms with E-state index in [1.165, 1.54) is 0 Å². The molecule has 2 rings (SSSR count). The first-order valence-corrected chi connectivity index (χ1v) is 9.89. The van der Waals surface area contributed by atoms with Gasteiger partial charge in [0.25, 0.3) is 5.89 Å². The minimum atomic E-state index is -2.97. The van der Waals surface area contributed by atoms with E-state index >= 15 is 0 Å². The van der Waals surface area contributed by atoms with Gasteiger partial charge in [-0.3, -0.25) is 20.8 Å². The molecule has 0 unspecified atom stereocenters. The van der Waals surface area contributed by atoms with Crippen molar-refractivity contribution in [2.24, 2.45) is 0 Å². The molecule has 0 atom stereocenters. The van der Waals surface area contributed by atoms with E-state index in [1.54, 1.807) is 19.3 Å². The number of hydroxylamine groups is 1. The molecule has 2 aromatic rings. The van der Waals surface area contributed by atoms with E-state index in [2.05, 4.69) is 14.7 Å².